The molecule has 0 spiro atoms. The van der Waals surface area contributed by atoms with Crippen molar-refractivity contribution in [1.82, 2.24) is 0 Å². The Morgan fingerprint density at radius 1 is 0.667 bits per heavy atom. The summed E-state index contributed by atoms with van der Waals surface area (Å²) in [6, 6.07) is 23.0. The van der Waals surface area contributed by atoms with E-state index in [0.717, 1.165) is 5.69 Å². The first kappa shape index (κ1) is 10.8. The van der Waals surface area contributed by atoms with E-state index in [4.69, 9.17) is 5.84 Å². The number of benzene rings is 3. The van der Waals surface area contributed by atoms with Crippen LogP contribution < -0.4 is 11.3 Å². The van der Waals surface area contributed by atoms with Crippen LogP contribution in [-0.2, 0) is 0 Å². The van der Waals surface area contributed by atoms with Gasteiger partial charge in [-0.05, 0) is 40.1 Å². The summed E-state index contributed by atoms with van der Waals surface area (Å²) in [7, 11) is 0. The number of nitrogens with two attached hydrogens (primary N) is 1. The van der Waals surface area contributed by atoms with Crippen molar-refractivity contribution in [3.05, 3.63) is 66.7 Å². The van der Waals surface area contributed by atoms with Crippen molar-refractivity contribution in [2.45, 2.75) is 0 Å². The normalized spacial score (nSPS) is 10.5. The maximum Gasteiger partial charge on any atom is 0.0485 e. The lowest BCUT2D eigenvalue weighted by Crippen LogP contribution is -2.05. The third-order valence-corrected chi connectivity index (χ3v) is 3.13. The predicted octanol–water partition coefficient (Wildman–Crippen LogP) is 3.79. The second-order valence-corrected chi connectivity index (χ2v) is 4.28. The average Bonchev–Trinajstić information content (AvgIpc) is 2.47. The molecule has 88 valence electrons. The molecule has 0 aliphatic rings. The van der Waals surface area contributed by atoms with E-state index in [9.17, 15) is 0 Å². The molecule has 3 aromatic carbocycles. The van der Waals surface area contributed by atoms with Crippen LogP contribution in [0.5, 0.6) is 0 Å². The molecule has 0 fully saturated rings. The predicted molar refractivity (Wildman–Crippen MR) is 77.2 cm³/mol. The van der Waals surface area contributed by atoms with E-state index < -0.39 is 0 Å². The standard InChI is InChI=1S/C16H14N2/c17-18-16-9-7-13(8-10-16)15-6-5-12-3-1-2-4-14(12)11-15/h1-11,18H,17H2. The lowest BCUT2D eigenvalue weighted by atomic mass is 10.0. The summed E-state index contributed by atoms with van der Waals surface area (Å²) in [4.78, 5) is 0. The Balaban J connectivity index is 2.07. The number of rotatable bonds is 2. The van der Waals surface area contributed by atoms with Crippen molar-refractivity contribution < 1.29 is 0 Å². The van der Waals surface area contributed by atoms with Crippen LogP contribution in [0.3, 0.4) is 0 Å². The Morgan fingerprint density at radius 2 is 1.33 bits per heavy atom. The van der Waals surface area contributed by atoms with Gasteiger partial charge in [-0.2, -0.15) is 0 Å². The molecule has 0 radical (unpaired) electrons. The topological polar surface area (TPSA) is 38.0 Å². The molecule has 0 heterocycles. The maximum atomic E-state index is 5.36. The summed E-state index contributed by atoms with van der Waals surface area (Å²) in [5, 5.41) is 2.53. The monoisotopic (exact) mass is 234 g/mol. The molecule has 0 aliphatic carbocycles. The number of fused-ring (bicyclic) bond motifs is 1. The summed E-state index contributed by atoms with van der Waals surface area (Å²) in [5.41, 5.74) is 5.97. The molecule has 2 heteroatoms. The highest BCUT2D eigenvalue weighted by Gasteiger charge is 1.99. The van der Waals surface area contributed by atoms with Crippen molar-refractivity contribution in [3.8, 4) is 11.1 Å². The van der Waals surface area contributed by atoms with Gasteiger partial charge in [0.25, 0.3) is 0 Å². The molecule has 3 aromatic rings. The minimum Gasteiger partial charge on any atom is -0.324 e. The summed E-state index contributed by atoms with van der Waals surface area (Å²) < 4.78 is 0. The van der Waals surface area contributed by atoms with Gasteiger partial charge in [-0.25, -0.2) is 0 Å². The van der Waals surface area contributed by atoms with Gasteiger partial charge in [0.2, 0.25) is 0 Å². The highest BCUT2D eigenvalue weighted by molar-refractivity contribution is 5.87. The van der Waals surface area contributed by atoms with E-state index in [-0.39, 0.29) is 0 Å². The third-order valence-electron chi connectivity index (χ3n) is 3.13. The molecule has 18 heavy (non-hydrogen) atoms. The first-order valence-electron chi connectivity index (χ1n) is 5.93. The van der Waals surface area contributed by atoms with E-state index in [1.165, 1.54) is 21.9 Å². The minimum absolute atomic E-state index is 0.916. The molecule has 0 saturated heterocycles. The van der Waals surface area contributed by atoms with Gasteiger partial charge < -0.3 is 5.43 Å². The zero-order valence-electron chi connectivity index (χ0n) is 9.93. The Bertz CT molecular complexity index is 672. The van der Waals surface area contributed by atoms with Gasteiger partial charge in [0.15, 0.2) is 0 Å². The smallest absolute Gasteiger partial charge is 0.0485 e. The van der Waals surface area contributed by atoms with E-state index >= 15 is 0 Å². The second kappa shape index (κ2) is 4.51. The van der Waals surface area contributed by atoms with Crippen molar-refractivity contribution in [2.24, 2.45) is 5.84 Å². The van der Waals surface area contributed by atoms with Crippen LogP contribution in [0.4, 0.5) is 5.69 Å². The molecule has 3 rings (SSSR count). The van der Waals surface area contributed by atoms with Crippen LogP contribution >= 0.6 is 0 Å². The quantitative estimate of drug-likeness (QED) is 0.523. The molecule has 0 unspecified atom stereocenters. The molecule has 2 nitrogen and oxygen atoms in total. The molecule has 0 aromatic heterocycles. The number of hydrogen-bond acceptors (Lipinski definition) is 2. The molecule has 0 atom stereocenters. The number of nitrogens with one attached hydrogen (secondary N) is 1. The van der Waals surface area contributed by atoms with Crippen LogP contribution in [-0.4, -0.2) is 0 Å². The number of hydrazine groups is 1. The number of hydrogen-bond donors (Lipinski definition) is 2. The van der Waals surface area contributed by atoms with Crippen molar-refractivity contribution in [3.63, 3.8) is 0 Å². The van der Waals surface area contributed by atoms with Crippen LogP contribution in [0, 0.1) is 0 Å². The highest BCUT2D eigenvalue weighted by Crippen LogP contribution is 2.25. The number of anilines is 1. The van der Waals surface area contributed by atoms with Crippen molar-refractivity contribution in [1.29, 1.82) is 0 Å². The molecule has 0 saturated carbocycles. The molecule has 0 amide bonds. The van der Waals surface area contributed by atoms with Crippen LogP contribution in [0.1, 0.15) is 0 Å². The van der Waals surface area contributed by atoms with Crippen LogP contribution in [0.2, 0.25) is 0 Å². The van der Waals surface area contributed by atoms with Crippen LogP contribution in [0.15, 0.2) is 66.7 Å². The van der Waals surface area contributed by atoms with E-state index in [2.05, 4.69) is 60.0 Å². The molecule has 3 N–H and O–H groups in total. The van der Waals surface area contributed by atoms with Crippen molar-refractivity contribution >= 4 is 16.5 Å². The molecular formula is C16H14N2. The van der Waals surface area contributed by atoms with Gasteiger partial charge in [0, 0.05) is 5.69 Å². The summed E-state index contributed by atoms with van der Waals surface area (Å²) in [6.45, 7) is 0. The molecular weight excluding hydrogens is 220 g/mol. The summed E-state index contributed by atoms with van der Waals surface area (Å²) in [5.74, 6) is 5.36. The van der Waals surface area contributed by atoms with Gasteiger partial charge in [0.1, 0.15) is 0 Å². The Labute approximate surface area is 106 Å². The Kier molecular flexibility index (Phi) is 2.71. The average molecular weight is 234 g/mol. The fraction of sp³-hybridized carbons (Fsp3) is 0. The Hall–Kier alpha value is -2.32. The fourth-order valence-electron chi connectivity index (χ4n) is 2.13. The first-order chi connectivity index (χ1) is 8.86. The summed E-state index contributed by atoms with van der Waals surface area (Å²) in [6.07, 6.45) is 0. The van der Waals surface area contributed by atoms with E-state index in [1.807, 2.05) is 12.1 Å². The molecule has 0 bridgehead atoms. The highest BCUT2D eigenvalue weighted by atomic mass is 15.2. The van der Waals surface area contributed by atoms with Gasteiger partial charge in [-0.1, -0.05) is 48.5 Å². The van der Waals surface area contributed by atoms with E-state index in [0.29, 0.717) is 0 Å². The minimum atomic E-state index is 0.916. The summed E-state index contributed by atoms with van der Waals surface area (Å²) >= 11 is 0. The van der Waals surface area contributed by atoms with Gasteiger partial charge in [-0.15, -0.1) is 0 Å². The largest absolute Gasteiger partial charge is 0.324 e. The zero-order chi connectivity index (χ0) is 12.4. The lowest BCUT2D eigenvalue weighted by molar-refractivity contribution is 1.35. The zero-order valence-corrected chi connectivity index (χ0v) is 9.93. The van der Waals surface area contributed by atoms with Crippen LogP contribution in [0.25, 0.3) is 21.9 Å². The van der Waals surface area contributed by atoms with Gasteiger partial charge in [-0.3, -0.25) is 5.84 Å². The van der Waals surface area contributed by atoms with E-state index in [1.54, 1.807) is 0 Å². The Morgan fingerprint density at radius 3 is 2.06 bits per heavy atom. The van der Waals surface area contributed by atoms with Gasteiger partial charge in [0.05, 0.1) is 0 Å². The van der Waals surface area contributed by atoms with Gasteiger partial charge >= 0.3 is 0 Å². The SMILES string of the molecule is NNc1ccc(-c2ccc3ccccc3c2)cc1. The first-order valence-corrected chi connectivity index (χ1v) is 5.93. The maximum absolute atomic E-state index is 5.36. The number of nitrogen functional groups attached to an aromatic ring is 1. The molecule has 0 aliphatic heterocycles. The second-order valence-electron chi connectivity index (χ2n) is 4.28. The fourth-order valence-corrected chi connectivity index (χ4v) is 2.13. The third kappa shape index (κ3) is 1.94. The lowest BCUT2D eigenvalue weighted by Gasteiger charge is -2.05. The van der Waals surface area contributed by atoms with Crippen molar-refractivity contribution in [2.75, 3.05) is 5.43 Å².